The lowest BCUT2D eigenvalue weighted by Gasteiger charge is -2.31. The average molecular weight is 367 g/mol. The van der Waals surface area contributed by atoms with E-state index in [9.17, 15) is 4.79 Å². The second-order valence-corrected chi connectivity index (χ2v) is 7.37. The van der Waals surface area contributed by atoms with Crippen LogP contribution in [0.3, 0.4) is 0 Å². The largest absolute Gasteiger partial charge is 0.346 e. The summed E-state index contributed by atoms with van der Waals surface area (Å²) in [5, 5.41) is 0.961. The molecule has 0 fully saturated rings. The average Bonchev–Trinajstić information content (AvgIpc) is 3.35. The number of aromatic nitrogens is 5. The third-order valence-corrected chi connectivity index (χ3v) is 5.69. The molecule has 2 aliphatic heterocycles. The number of imidazole rings is 1. The fourth-order valence-electron chi connectivity index (χ4n) is 3.37. The van der Waals surface area contributed by atoms with Gasteiger partial charge in [0, 0.05) is 50.2 Å². The number of rotatable bonds is 2. The summed E-state index contributed by atoms with van der Waals surface area (Å²) in [7, 11) is 0. The molecule has 0 radical (unpaired) electrons. The highest BCUT2D eigenvalue weighted by Gasteiger charge is 2.27. The fraction of sp³-hybridized carbons (Fsp3) is 0.294. The van der Waals surface area contributed by atoms with Crippen LogP contribution in [-0.2, 0) is 17.9 Å². The first-order valence-corrected chi connectivity index (χ1v) is 9.47. The van der Waals surface area contributed by atoms with E-state index in [0.29, 0.717) is 13.1 Å². The molecule has 0 saturated heterocycles. The Balaban J connectivity index is 1.42. The van der Waals surface area contributed by atoms with Gasteiger partial charge in [0.2, 0.25) is 0 Å². The molecular weight excluding hydrogens is 350 g/mol. The second kappa shape index (κ2) is 6.17. The van der Waals surface area contributed by atoms with E-state index in [1.54, 1.807) is 24.3 Å². The predicted octanol–water partition coefficient (Wildman–Crippen LogP) is 1.59. The smallest absolute Gasteiger partial charge is 0.262 e. The van der Waals surface area contributed by atoms with Gasteiger partial charge in [0.05, 0.1) is 16.8 Å². The van der Waals surface area contributed by atoms with Crippen LogP contribution in [0.4, 0.5) is 5.82 Å². The number of H-pyrrole nitrogens is 1. The summed E-state index contributed by atoms with van der Waals surface area (Å²) in [4.78, 5) is 33.8. The minimum absolute atomic E-state index is 0.0633. The van der Waals surface area contributed by atoms with Crippen LogP contribution in [-0.4, -0.2) is 54.2 Å². The molecule has 5 rings (SSSR count). The van der Waals surface area contributed by atoms with Crippen molar-refractivity contribution in [3.8, 4) is 0 Å². The van der Waals surface area contributed by atoms with Crippen molar-refractivity contribution in [2.75, 3.05) is 23.7 Å². The van der Waals surface area contributed by atoms with Gasteiger partial charge in [-0.15, -0.1) is 11.8 Å². The normalized spacial score (nSPS) is 17.3. The Hall–Kier alpha value is -2.81. The molecular formula is C17H17N7OS. The van der Waals surface area contributed by atoms with Gasteiger partial charge >= 0.3 is 0 Å². The van der Waals surface area contributed by atoms with Crippen LogP contribution in [0.15, 0.2) is 42.1 Å². The Labute approximate surface area is 153 Å². The molecule has 5 heterocycles. The van der Waals surface area contributed by atoms with Crippen molar-refractivity contribution < 1.29 is 4.79 Å². The minimum Gasteiger partial charge on any atom is -0.346 e. The minimum atomic E-state index is 0.0633. The van der Waals surface area contributed by atoms with Crippen LogP contribution in [0, 0.1) is 0 Å². The number of carbonyl (C=O) groups is 1. The van der Waals surface area contributed by atoms with Crippen LogP contribution in [0.25, 0.3) is 11.0 Å². The molecule has 3 aromatic rings. The molecule has 0 unspecified atom stereocenters. The molecule has 0 bridgehead atoms. The summed E-state index contributed by atoms with van der Waals surface area (Å²) in [6.07, 6.45) is 9.08. The molecule has 1 amide bonds. The van der Waals surface area contributed by atoms with E-state index in [1.807, 2.05) is 34.5 Å². The SMILES string of the molecule is O=C(C1=CN(c2ncnc3[nH]ccc23)CCS1)N1CCn2ccnc2C1. The van der Waals surface area contributed by atoms with Gasteiger partial charge in [-0.1, -0.05) is 0 Å². The number of anilines is 1. The maximum Gasteiger partial charge on any atom is 0.262 e. The highest BCUT2D eigenvalue weighted by molar-refractivity contribution is 8.04. The van der Waals surface area contributed by atoms with Crippen LogP contribution in [0.2, 0.25) is 0 Å². The third kappa shape index (κ3) is 2.55. The predicted molar refractivity (Wildman–Crippen MR) is 99.4 cm³/mol. The van der Waals surface area contributed by atoms with Crippen LogP contribution < -0.4 is 4.90 Å². The third-order valence-electron chi connectivity index (χ3n) is 4.71. The van der Waals surface area contributed by atoms with Gasteiger partial charge in [-0.2, -0.15) is 0 Å². The zero-order valence-corrected chi connectivity index (χ0v) is 14.8. The van der Waals surface area contributed by atoms with Gasteiger partial charge in [-0.3, -0.25) is 4.79 Å². The molecule has 3 aromatic heterocycles. The molecule has 0 atom stereocenters. The lowest BCUT2D eigenvalue weighted by Crippen LogP contribution is -2.40. The molecule has 0 aromatic carbocycles. The van der Waals surface area contributed by atoms with Crippen LogP contribution in [0.5, 0.6) is 0 Å². The van der Waals surface area contributed by atoms with Crippen molar-refractivity contribution >= 4 is 34.5 Å². The fourth-order valence-corrected chi connectivity index (χ4v) is 4.33. The second-order valence-electron chi connectivity index (χ2n) is 6.24. The quantitative estimate of drug-likeness (QED) is 0.741. The maximum absolute atomic E-state index is 13.0. The molecule has 0 saturated carbocycles. The van der Waals surface area contributed by atoms with E-state index < -0.39 is 0 Å². The zero-order chi connectivity index (χ0) is 17.5. The van der Waals surface area contributed by atoms with E-state index >= 15 is 0 Å². The van der Waals surface area contributed by atoms with Crippen LogP contribution >= 0.6 is 11.8 Å². The van der Waals surface area contributed by atoms with Gasteiger partial charge in [0.25, 0.3) is 5.91 Å². The van der Waals surface area contributed by atoms with Crippen molar-refractivity contribution in [3.63, 3.8) is 0 Å². The first kappa shape index (κ1) is 15.4. The molecule has 0 aliphatic carbocycles. The van der Waals surface area contributed by atoms with Crippen molar-refractivity contribution in [1.82, 2.24) is 29.4 Å². The Kier molecular flexibility index (Phi) is 3.66. The van der Waals surface area contributed by atoms with Gasteiger partial charge in [-0.25, -0.2) is 15.0 Å². The number of aromatic amines is 1. The van der Waals surface area contributed by atoms with Gasteiger partial charge < -0.3 is 19.4 Å². The van der Waals surface area contributed by atoms with Crippen LogP contribution in [0.1, 0.15) is 5.82 Å². The van der Waals surface area contributed by atoms with Gasteiger partial charge in [-0.05, 0) is 6.07 Å². The Morgan fingerprint density at radius 1 is 1.19 bits per heavy atom. The number of amides is 1. The summed E-state index contributed by atoms with van der Waals surface area (Å²) in [5.74, 6) is 2.67. The number of fused-ring (bicyclic) bond motifs is 2. The molecule has 1 N–H and O–H groups in total. The number of thioether (sulfide) groups is 1. The molecule has 8 nitrogen and oxygen atoms in total. The summed E-state index contributed by atoms with van der Waals surface area (Å²) < 4.78 is 2.10. The summed E-state index contributed by atoms with van der Waals surface area (Å²) in [6, 6.07) is 1.96. The van der Waals surface area contributed by atoms with Gasteiger partial charge in [0.15, 0.2) is 0 Å². The number of hydrogen-bond donors (Lipinski definition) is 1. The topological polar surface area (TPSA) is 82.9 Å². The summed E-state index contributed by atoms with van der Waals surface area (Å²) >= 11 is 1.60. The first-order valence-electron chi connectivity index (χ1n) is 8.48. The summed E-state index contributed by atoms with van der Waals surface area (Å²) in [5.41, 5.74) is 0.803. The highest BCUT2D eigenvalue weighted by atomic mass is 32.2. The van der Waals surface area contributed by atoms with Crippen molar-refractivity contribution in [1.29, 1.82) is 0 Å². The lowest BCUT2D eigenvalue weighted by atomic mass is 10.3. The standard InChI is InChI=1S/C17H17N7OS/c25-17(24-6-5-22-4-3-18-14(22)10-24)13-9-23(7-8-26-13)16-12-1-2-19-15(12)20-11-21-16/h1-4,9,11H,5-8,10H2,(H,19,20,21). The molecule has 2 aliphatic rings. The number of carbonyl (C=O) groups excluding carboxylic acids is 1. The van der Waals surface area contributed by atoms with Crippen molar-refractivity contribution in [3.05, 3.63) is 47.9 Å². The van der Waals surface area contributed by atoms with E-state index in [2.05, 4.69) is 24.5 Å². The number of nitrogens with one attached hydrogen (secondary N) is 1. The van der Waals surface area contributed by atoms with Gasteiger partial charge in [0.1, 0.15) is 23.6 Å². The Morgan fingerprint density at radius 3 is 3.12 bits per heavy atom. The lowest BCUT2D eigenvalue weighted by molar-refractivity contribution is -0.127. The van der Waals surface area contributed by atoms with E-state index in [0.717, 1.165) is 46.4 Å². The van der Waals surface area contributed by atoms with E-state index in [1.165, 1.54) is 0 Å². The Morgan fingerprint density at radius 2 is 2.15 bits per heavy atom. The molecule has 132 valence electrons. The van der Waals surface area contributed by atoms with E-state index in [4.69, 9.17) is 0 Å². The Bertz CT molecular complexity index is 1010. The first-order chi connectivity index (χ1) is 12.8. The molecule has 9 heteroatoms. The maximum atomic E-state index is 13.0. The van der Waals surface area contributed by atoms with Crippen molar-refractivity contribution in [2.45, 2.75) is 13.1 Å². The highest BCUT2D eigenvalue weighted by Crippen LogP contribution is 2.30. The monoisotopic (exact) mass is 367 g/mol. The zero-order valence-electron chi connectivity index (χ0n) is 14.0. The molecule has 0 spiro atoms. The van der Waals surface area contributed by atoms with Crippen molar-refractivity contribution in [2.24, 2.45) is 0 Å². The van der Waals surface area contributed by atoms with E-state index in [-0.39, 0.29) is 5.91 Å². The summed E-state index contributed by atoms with van der Waals surface area (Å²) in [6.45, 7) is 2.86. The number of nitrogens with zero attached hydrogens (tertiary/aromatic N) is 6. The molecule has 26 heavy (non-hydrogen) atoms. The number of hydrogen-bond acceptors (Lipinski definition) is 6.